The third-order valence-electron chi connectivity index (χ3n) is 3.73. The van der Waals surface area contributed by atoms with Crippen LogP contribution < -0.4 is 10.9 Å². The van der Waals surface area contributed by atoms with Gasteiger partial charge in [-0.1, -0.05) is 6.07 Å². The predicted octanol–water partition coefficient (Wildman–Crippen LogP) is 2.04. The minimum atomic E-state index is -0.517. The first kappa shape index (κ1) is 18.9. The van der Waals surface area contributed by atoms with Crippen LogP contribution in [0.1, 0.15) is 33.4 Å². The number of amides is 1. The Balaban J connectivity index is 1.96. The zero-order valence-electron chi connectivity index (χ0n) is 15.4. The molecule has 0 radical (unpaired) electrons. The Bertz CT molecular complexity index is 795. The molecule has 0 aliphatic heterocycles. The molecule has 0 aliphatic carbocycles. The molecule has 1 N–H and O–H groups in total. The highest BCUT2D eigenvalue weighted by Crippen LogP contribution is 2.07. The predicted molar refractivity (Wildman–Crippen MR) is 96.6 cm³/mol. The van der Waals surface area contributed by atoms with E-state index in [0.717, 1.165) is 0 Å². The lowest BCUT2D eigenvalue weighted by Crippen LogP contribution is -2.42. The van der Waals surface area contributed by atoms with Crippen molar-refractivity contribution in [2.45, 2.75) is 45.9 Å². The van der Waals surface area contributed by atoms with Crippen LogP contribution in [0.15, 0.2) is 35.3 Å². The summed E-state index contributed by atoms with van der Waals surface area (Å²) in [6, 6.07) is 7.05. The number of carbonyl (C=O) groups is 1. The molecule has 0 saturated heterocycles. The number of hydrogen-bond acceptors (Lipinski definition) is 5. The van der Waals surface area contributed by atoms with Crippen LogP contribution in [-0.4, -0.2) is 45.6 Å². The second kappa shape index (κ2) is 7.65. The number of ether oxygens (including phenoxy) is 1. The zero-order chi connectivity index (χ0) is 18.6. The van der Waals surface area contributed by atoms with Crippen LogP contribution in [0.25, 0.3) is 5.65 Å². The molecule has 0 bridgehead atoms. The Morgan fingerprint density at radius 2 is 2.12 bits per heavy atom. The fourth-order valence-electron chi connectivity index (χ4n) is 2.30. The fourth-order valence-corrected chi connectivity index (χ4v) is 2.30. The number of hydrogen-bond donors (Lipinski definition) is 1. The van der Waals surface area contributed by atoms with Gasteiger partial charge in [-0.05, 0) is 46.9 Å². The van der Waals surface area contributed by atoms with Crippen molar-refractivity contribution in [1.82, 2.24) is 19.6 Å². The third kappa shape index (κ3) is 5.56. The van der Waals surface area contributed by atoms with Crippen LogP contribution in [0.3, 0.4) is 0 Å². The summed E-state index contributed by atoms with van der Waals surface area (Å²) < 4.78 is 6.74. The Hall–Kier alpha value is -2.41. The van der Waals surface area contributed by atoms with Crippen LogP contribution in [0.4, 0.5) is 4.79 Å². The maximum absolute atomic E-state index is 12.1. The zero-order valence-corrected chi connectivity index (χ0v) is 15.4. The van der Waals surface area contributed by atoms with E-state index in [1.807, 2.05) is 45.7 Å². The summed E-state index contributed by atoms with van der Waals surface area (Å²) in [5.41, 5.74) is 0.700. The van der Waals surface area contributed by atoms with E-state index in [-0.39, 0.29) is 11.6 Å². The second-order valence-corrected chi connectivity index (χ2v) is 7.16. The number of carbonyl (C=O) groups excluding carboxylic acids is 1. The van der Waals surface area contributed by atoms with Gasteiger partial charge in [0.1, 0.15) is 11.2 Å². The summed E-state index contributed by atoms with van der Waals surface area (Å²) >= 11 is 0. The van der Waals surface area contributed by atoms with E-state index in [9.17, 15) is 9.59 Å². The number of pyridine rings is 1. The first-order valence-electron chi connectivity index (χ1n) is 8.30. The van der Waals surface area contributed by atoms with E-state index in [1.165, 1.54) is 10.5 Å². The van der Waals surface area contributed by atoms with E-state index in [0.29, 0.717) is 24.4 Å². The topological polar surface area (TPSA) is 75.9 Å². The van der Waals surface area contributed by atoms with Crippen molar-refractivity contribution in [2.24, 2.45) is 0 Å². The largest absolute Gasteiger partial charge is 0.444 e. The van der Waals surface area contributed by atoms with Gasteiger partial charge >= 0.3 is 6.09 Å². The smallest absolute Gasteiger partial charge is 0.407 e. The quantitative estimate of drug-likeness (QED) is 0.897. The highest BCUT2D eigenvalue weighted by Gasteiger charge is 2.18. The van der Waals surface area contributed by atoms with E-state index < -0.39 is 11.7 Å². The van der Waals surface area contributed by atoms with E-state index in [2.05, 4.69) is 10.3 Å². The van der Waals surface area contributed by atoms with E-state index >= 15 is 0 Å². The van der Waals surface area contributed by atoms with Crippen LogP contribution >= 0.6 is 0 Å². The van der Waals surface area contributed by atoms with Gasteiger partial charge in [-0.2, -0.15) is 0 Å². The molecular weight excluding hydrogens is 320 g/mol. The molecule has 7 heteroatoms. The normalized spacial score (nSPS) is 13.0. The van der Waals surface area contributed by atoms with Crippen molar-refractivity contribution in [3.05, 3.63) is 46.5 Å². The van der Waals surface area contributed by atoms with Gasteiger partial charge in [-0.15, -0.1) is 0 Å². The van der Waals surface area contributed by atoms with Gasteiger partial charge in [0.2, 0.25) is 0 Å². The maximum Gasteiger partial charge on any atom is 0.407 e. The number of fused-ring (bicyclic) bond motifs is 1. The van der Waals surface area contributed by atoms with Gasteiger partial charge in [-0.3, -0.25) is 14.1 Å². The summed E-state index contributed by atoms with van der Waals surface area (Å²) in [6.07, 6.45) is 1.26. The molecule has 0 fully saturated rings. The SMILES string of the molecule is C[C@@H](CNC(=O)OC(C)(C)C)N(C)Cc1cc(=O)n2ccccc2n1. The number of nitrogens with one attached hydrogen (secondary N) is 1. The lowest BCUT2D eigenvalue weighted by molar-refractivity contribution is 0.0512. The van der Waals surface area contributed by atoms with Gasteiger partial charge in [0.05, 0.1) is 5.69 Å². The Labute approximate surface area is 147 Å². The summed E-state index contributed by atoms with van der Waals surface area (Å²) in [7, 11) is 1.93. The van der Waals surface area contributed by atoms with Gasteiger partial charge in [-0.25, -0.2) is 9.78 Å². The molecule has 0 saturated carbocycles. The Kier molecular flexibility index (Phi) is 5.79. The van der Waals surface area contributed by atoms with Gasteiger partial charge in [0, 0.05) is 31.4 Å². The molecule has 0 aliphatic rings. The first-order valence-corrected chi connectivity index (χ1v) is 8.30. The minimum Gasteiger partial charge on any atom is -0.444 e. The molecule has 0 aromatic carbocycles. The van der Waals surface area contributed by atoms with Crippen molar-refractivity contribution in [1.29, 1.82) is 0 Å². The van der Waals surface area contributed by atoms with E-state index in [4.69, 9.17) is 4.74 Å². The lowest BCUT2D eigenvalue weighted by Gasteiger charge is -2.25. The first-order chi connectivity index (χ1) is 11.7. The molecule has 2 rings (SSSR count). The van der Waals surface area contributed by atoms with Crippen molar-refractivity contribution in [2.75, 3.05) is 13.6 Å². The molecule has 25 heavy (non-hydrogen) atoms. The van der Waals surface area contributed by atoms with Gasteiger partial charge < -0.3 is 10.1 Å². The fraction of sp³-hybridized carbons (Fsp3) is 0.500. The lowest BCUT2D eigenvalue weighted by atomic mass is 10.2. The van der Waals surface area contributed by atoms with Crippen LogP contribution in [0.5, 0.6) is 0 Å². The Morgan fingerprint density at radius 3 is 2.80 bits per heavy atom. The summed E-state index contributed by atoms with van der Waals surface area (Å²) in [5, 5.41) is 2.76. The molecule has 7 nitrogen and oxygen atoms in total. The average Bonchev–Trinajstić information content (AvgIpc) is 2.51. The number of alkyl carbamates (subject to hydrolysis) is 1. The molecule has 0 spiro atoms. The average molecular weight is 346 g/mol. The minimum absolute atomic E-state index is 0.0588. The highest BCUT2D eigenvalue weighted by molar-refractivity contribution is 5.67. The van der Waals surface area contributed by atoms with Crippen molar-refractivity contribution >= 4 is 11.7 Å². The third-order valence-corrected chi connectivity index (χ3v) is 3.73. The van der Waals surface area contributed by atoms with Crippen LogP contribution in [-0.2, 0) is 11.3 Å². The molecule has 136 valence electrons. The van der Waals surface area contributed by atoms with Crippen molar-refractivity contribution in [3.63, 3.8) is 0 Å². The molecular formula is C18H26N4O3. The van der Waals surface area contributed by atoms with E-state index in [1.54, 1.807) is 18.3 Å². The molecule has 1 amide bonds. The summed E-state index contributed by atoms with van der Waals surface area (Å²) in [6.45, 7) is 8.42. The highest BCUT2D eigenvalue weighted by atomic mass is 16.6. The number of likely N-dealkylation sites (N-methyl/N-ethyl adjacent to an activating group) is 1. The second-order valence-electron chi connectivity index (χ2n) is 7.16. The Morgan fingerprint density at radius 1 is 1.40 bits per heavy atom. The number of aromatic nitrogens is 2. The van der Waals surface area contributed by atoms with Crippen LogP contribution in [0.2, 0.25) is 0 Å². The van der Waals surface area contributed by atoms with Crippen LogP contribution in [0, 0.1) is 0 Å². The molecule has 2 aromatic rings. The summed E-state index contributed by atoms with van der Waals surface area (Å²) in [5.74, 6) is 0. The monoisotopic (exact) mass is 346 g/mol. The van der Waals surface area contributed by atoms with Gasteiger partial charge in [0.25, 0.3) is 5.56 Å². The number of nitrogens with zero attached hydrogens (tertiary/aromatic N) is 3. The molecule has 0 unspecified atom stereocenters. The molecule has 2 aromatic heterocycles. The maximum atomic E-state index is 12.1. The molecule has 2 heterocycles. The number of rotatable bonds is 5. The van der Waals surface area contributed by atoms with Crippen molar-refractivity contribution < 1.29 is 9.53 Å². The standard InChI is InChI=1S/C18H26N4O3/c1-13(11-19-17(24)25-18(2,3)4)21(5)12-14-10-16(23)22-9-7-6-8-15(22)20-14/h6-10,13H,11-12H2,1-5H3,(H,19,24)/t13-/m0/s1. The molecule has 1 atom stereocenters. The van der Waals surface area contributed by atoms with Crippen molar-refractivity contribution in [3.8, 4) is 0 Å². The summed E-state index contributed by atoms with van der Waals surface area (Å²) in [4.78, 5) is 30.4. The van der Waals surface area contributed by atoms with Gasteiger partial charge in [0.15, 0.2) is 0 Å².